The Bertz CT molecular complexity index is 656. The molecule has 1 aliphatic heterocycles. The van der Waals surface area contributed by atoms with Crippen LogP contribution >= 0.6 is 11.6 Å². The van der Waals surface area contributed by atoms with Crippen LogP contribution in [-0.4, -0.2) is 32.8 Å². The van der Waals surface area contributed by atoms with Crippen LogP contribution in [0.5, 0.6) is 5.88 Å². The second-order valence-corrected chi connectivity index (χ2v) is 5.05. The summed E-state index contributed by atoms with van der Waals surface area (Å²) in [4.78, 5) is 13.8. The molecule has 0 radical (unpaired) electrons. The van der Waals surface area contributed by atoms with Gasteiger partial charge in [-0.05, 0) is 18.2 Å². The van der Waals surface area contributed by atoms with E-state index in [1.54, 1.807) is 29.2 Å². The zero-order valence-corrected chi connectivity index (χ0v) is 11.3. The monoisotopic (exact) mass is 292 g/mol. The van der Waals surface area contributed by atoms with Gasteiger partial charge in [0.2, 0.25) is 5.88 Å². The molecule has 0 aliphatic carbocycles. The summed E-state index contributed by atoms with van der Waals surface area (Å²) in [6.07, 6.45) is 0.645. The predicted octanol–water partition coefficient (Wildman–Crippen LogP) is 2.36. The number of urea groups is 1. The maximum absolute atomic E-state index is 12.2. The third-order valence-corrected chi connectivity index (χ3v) is 3.51. The zero-order valence-electron chi connectivity index (χ0n) is 10.6. The second-order valence-electron chi connectivity index (χ2n) is 4.62. The number of hydrogen-bond acceptors (Lipinski definition) is 3. The van der Waals surface area contributed by atoms with Crippen LogP contribution in [0.2, 0.25) is 5.02 Å². The lowest BCUT2D eigenvalue weighted by Crippen LogP contribution is -2.38. The molecular formula is C13H13ClN4O2. The molecule has 2 amide bonds. The number of hydrogen-bond donors (Lipinski definition) is 3. The van der Waals surface area contributed by atoms with Gasteiger partial charge in [-0.1, -0.05) is 17.7 Å². The van der Waals surface area contributed by atoms with Crippen molar-refractivity contribution in [1.82, 2.24) is 15.1 Å². The molecule has 1 aromatic carbocycles. The summed E-state index contributed by atoms with van der Waals surface area (Å²) < 4.78 is 0. The molecule has 7 heteroatoms. The van der Waals surface area contributed by atoms with Crippen LogP contribution in [0.4, 0.5) is 10.5 Å². The van der Waals surface area contributed by atoms with Crippen LogP contribution in [0, 0.1) is 0 Å². The Labute approximate surface area is 120 Å². The van der Waals surface area contributed by atoms with Gasteiger partial charge in [0, 0.05) is 29.4 Å². The van der Waals surface area contributed by atoms with Gasteiger partial charge in [0.05, 0.1) is 12.1 Å². The van der Waals surface area contributed by atoms with E-state index in [-0.39, 0.29) is 11.9 Å². The van der Waals surface area contributed by atoms with E-state index in [1.165, 1.54) is 0 Å². The van der Waals surface area contributed by atoms with E-state index in [9.17, 15) is 9.90 Å². The largest absolute Gasteiger partial charge is 0.492 e. The van der Waals surface area contributed by atoms with E-state index < -0.39 is 0 Å². The number of H-pyrrole nitrogens is 1. The molecule has 2 heterocycles. The number of halogens is 1. The van der Waals surface area contributed by atoms with Gasteiger partial charge in [0.25, 0.3) is 0 Å². The molecule has 1 aliphatic rings. The summed E-state index contributed by atoms with van der Waals surface area (Å²) >= 11 is 5.88. The number of amides is 2. The summed E-state index contributed by atoms with van der Waals surface area (Å²) in [7, 11) is 0. The van der Waals surface area contributed by atoms with Gasteiger partial charge in [0.1, 0.15) is 0 Å². The fraction of sp³-hybridized carbons (Fsp3) is 0.231. The third-order valence-electron chi connectivity index (χ3n) is 3.27. The molecule has 20 heavy (non-hydrogen) atoms. The maximum Gasteiger partial charge on any atom is 0.322 e. The Morgan fingerprint density at radius 1 is 1.50 bits per heavy atom. The highest BCUT2D eigenvalue weighted by molar-refractivity contribution is 6.30. The molecule has 0 atom stereocenters. The van der Waals surface area contributed by atoms with Gasteiger partial charge in [-0.3, -0.25) is 5.10 Å². The van der Waals surface area contributed by atoms with Gasteiger partial charge in [-0.15, -0.1) is 5.10 Å². The first kappa shape index (κ1) is 12.8. The zero-order chi connectivity index (χ0) is 14.1. The van der Waals surface area contributed by atoms with Crippen molar-refractivity contribution < 1.29 is 9.90 Å². The third kappa shape index (κ3) is 2.42. The summed E-state index contributed by atoms with van der Waals surface area (Å²) in [5.74, 6) is -0.0414. The lowest BCUT2D eigenvalue weighted by molar-refractivity contribution is 0.205. The number of aromatic hydroxyl groups is 1. The van der Waals surface area contributed by atoms with Gasteiger partial charge in [-0.25, -0.2) is 4.79 Å². The number of anilines is 1. The quantitative estimate of drug-likeness (QED) is 0.755. The first-order chi connectivity index (χ1) is 9.63. The lowest BCUT2D eigenvalue weighted by Gasteiger charge is -2.26. The smallest absolute Gasteiger partial charge is 0.322 e. The molecule has 1 aromatic heterocycles. The molecule has 0 fully saturated rings. The van der Waals surface area contributed by atoms with E-state index >= 15 is 0 Å². The average molecular weight is 293 g/mol. The fourth-order valence-electron chi connectivity index (χ4n) is 2.22. The molecule has 0 saturated heterocycles. The van der Waals surface area contributed by atoms with Crippen molar-refractivity contribution in [2.24, 2.45) is 0 Å². The number of aromatic nitrogens is 2. The first-order valence-corrected chi connectivity index (χ1v) is 6.58. The van der Waals surface area contributed by atoms with E-state index in [1.807, 2.05) is 0 Å². The Morgan fingerprint density at radius 2 is 2.35 bits per heavy atom. The maximum atomic E-state index is 12.2. The molecule has 0 spiro atoms. The van der Waals surface area contributed by atoms with Crippen molar-refractivity contribution >= 4 is 23.3 Å². The Kier molecular flexibility index (Phi) is 3.23. The highest BCUT2D eigenvalue weighted by Crippen LogP contribution is 2.25. The average Bonchev–Trinajstić information content (AvgIpc) is 2.80. The Balaban J connectivity index is 1.71. The van der Waals surface area contributed by atoms with Crippen LogP contribution in [0.3, 0.4) is 0 Å². The summed E-state index contributed by atoms with van der Waals surface area (Å²) in [5.41, 5.74) is 2.21. The molecule has 0 unspecified atom stereocenters. The summed E-state index contributed by atoms with van der Waals surface area (Å²) in [5, 5.41) is 19.5. The number of fused-ring (bicyclic) bond motifs is 1. The minimum atomic E-state index is -0.224. The number of carbonyl (C=O) groups is 1. The van der Waals surface area contributed by atoms with Crippen molar-refractivity contribution in [3.8, 4) is 5.88 Å². The van der Waals surface area contributed by atoms with E-state index in [0.717, 1.165) is 5.69 Å². The van der Waals surface area contributed by atoms with Crippen LogP contribution in [-0.2, 0) is 13.0 Å². The Hall–Kier alpha value is -2.21. The normalized spacial score (nSPS) is 13.9. The first-order valence-electron chi connectivity index (χ1n) is 6.20. The summed E-state index contributed by atoms with van der Waals surface area (Å²) in [6, 6.07) is 6.75. The van der Waals surface area contributed by atoms with E-state index in [4.69, 9.17) is 11.6 Å². The minimum Gasteiger partial charge on any atom is -0.492 e. The number of nitrogens with zero attached hydrogens (tertiary/aromatic N) is 2. The fourth-order valence-corrected chi connectivity index (χ4v) is 2.41. The SMILES string of the molecule is O=C(Nc1cccc(Cl)c1)N1CCc2[nH]nc(O)c2C1. The topological polar surface area (TPSA) is 81.2 Å². The van der Waals surface area contributed by atoms with Crippen molar-refractivity contribution in [1.29, 1.82) is 0 Å². The predicted molar refractivity (Wildman–Crippen MR) is 74.8 cm³/mol. The van der Waals surface area contributed by atoms with Gasteiger partial charge in [0.15, 0.2) is 0 Å². The molecule has 0 saturated carbocycles. The second kappa shape index (κ2) is 5.05. The standard InChI is InChI=1S/C13H13ClN4O2/c14-8-2-1-3-9(6-8)15-13(20)18-5-4-11-10(7-18)12(19)17-16-11/h1-3,6H,4-5,7H2,(H,15,20)(H2,16,17,19). The van der Waals surface area contributed by atoms with Gasteiger partial charge < -0.3 is 15.3 Å². The molecule has 104 valence electrons. The number of benzene rings is 1. The molecule has 0 bridgehead atoms. The van der Waals surface area contributed by atoms with Gasteiger partial charge in [-0.2, -0.15) is 0 Å². The highest BCUT2D eigenvalue weighted by atomic mass is 35.5. The molecule has 2 aromatic rings. The lowest BCUT2D eigenvalue weighted by atomic mass is 10.1. The van der Waals surface area contributed by atoms with E-state index in [0.29, 0.717) is 35.8 Å². The molecular weight excluding hydrogens is 280 g/mol. The molecule has 3 N–H and O–H groups in total. The number of nitrogens with one attached hydrogen (secondary N) is 2. The van der Waals surface area contributed by atoms with Crippen LogP contribution in [0.15, 0.2) is 24.3 Å². The number of aromatic amines is 1. The highest BCUT2D eigenvalue weighted by Gasteiger charge is 2.25. The Morgan fingerprint density at radius 3 is 3.15 bits per heavy atom. The number of carbonyl (C=O) groups excluding carboxylic acids is 1. The van der Waals surface area contributed by atoms with Crippen LogP contribution < -0.4 is 5.32 Å². The van der Waals surface area contributed by atoms with E-state index in [2.05, 4.69) is 15.5 Å². The van der Waals surface area contributed by atoms with Crippen LogP contribution in [0.1, 0.15) is 11.3 Å². The number of rotatable bonds is 1. The van der Waals surface area contributed by atoms with Crippen molar-refractivity contribution in [2.45, 2.75) is 13.0 Å². The van der Waals surface area contributed by atoms with Crippen molar-refractivity contribution in [2.75, 3.05) is 11.9 Å². The van der Waals surface area contributed by atoms with Crippen molar-refractivity contribution in [3.63, 3.8) is 0 Å². The summed E-state index contributed by atoms with van der Waals surface area (Å²) in [6.45, 7) is 0.908. The van der Waals surface area contributed by atoms with Crippen molar-refractivity contribution in [3.05, 3.63) is 40.5 Å². The van der Waals surface area contributed by atoms with Gasteiger partial charge >= 0.3 is 6.03 Å². The minimum absolute atomic E-state index is 0.0414. The molecule has 3 rings (SSSR count). The van der Waals surface area contributed by atoms with Crippen LogP contribution in [0.25, 0.3) is 0 Å². The molecule has 6 nitrogen and oxygen atoms in total.